The van der Waals surface area contributed by atoms with Gasteiger partial charge in [0.15, 0.2) is 11.9 Å². The van der Waals surface area contributed by atoms with Crippen molar-refractivity contribution in [3.8, 4) is 0 Å². The molecule has 4 rings (SSSR count). The van der Waals surface area contributed by atoms with E-state index in [0.717, 1.165) is 4.90 Å². The van der Waals surface area contributed by atoms with Gasteiger partial charge in [-0.15, -0.1) is 11.8 Å². The Bertz CT molecular complexity index is 1160. The number of aromatic nitrogens is 2. The van der Waals surface area contributed by atoms with Gasteiger partial charge in [0.25, 0.3) is 5.56 Å². The second kappa shape index (κ2) is 7.12. The molecule has 142 valence electrons. The first-order valence-corrected chi connectivity index (χ1v) is 9.62. The number of carbonyl (C=O) groups is 2. The third kappa shape index (κ3) is 3.38. The number of esters is 1. The van der Waals surface area contributed by atoms with Crippen LogP contribution in [-0.4, -0.2) is 27.1 Å². The number of nitrogens with zero attached hydrogens (tertiary/aromatic N) is 1. The number of anilines is 1. The molecule has 2 atom stereocenters. The predicted octanol–water partition coefficient (Wildman–Crippen LogP) is 3.27. The molecule has 2 N–H and O–H groups in total. The molecule has 28 heavy (non-hydrogen) atoms. The maximum Gasteiger partial charge on any atom is 0.338 e. The van der Waals surface area contributed by atoms with E-state index in [9.17, 15) is 14.4 Å². The van der Waals surface area contributed by atoms with Crippen molar-refractivity contribution in [2.24, 2.45) is 0 Å². The van der Waals surface area contributed by atoms with E-state index < -0.39 is 12.1 Å². The summed E-state index contributed by atoms with van der Waals surface area (Å²) >= 11 is 1.44. The Morgan fingerprint density at radius 2 is 2.00 bits per heavy atom. The molecule has 0 fully saturated rings. The van der Waals surface area contributed by atoms with E-state index in [1.807, 2.05) is 6.92 Å². The molecule has 2 aromatic carbocycles. The van der Waals surface area contributed by atoms with E-state index in [4.69, 9.17) is 4.74 Å². The van der Waals surface area contributed by atoms with Gasteiger partial charge in [-0.1, -0.05) is 12.1 Å². The van der Waals surface area contributed by atoms with Crippen LogP contribution in [0.2, 0.25) is 0 Å². The molecule has 8 heteroatoms. The molecule has 0 bridgehead atoms. The first-order chi connectivity index (χ1) is 13.4. The van der Waals surface area contributed by atoms with Crippen LogP contribution in [0.3, 0.4) is 0 Å². The standard InChI is InChI=1S/C20H17N3O4S/c1-10(17-21-14-6-4-3-5-13(14)19(25)23-17)27-20(26)12-7-8-16-15(9-12)22-18(24)11(2)28-16/h3-11H,1-2H3,(H,22,24)(H,21,23,25)/t10-,11+/m1/s1. The minimum Gasteiger partial charge on any atom is -0.451 e. The lowest BCUT2D eigenvalue weighted by Gasteiger charge is -2.21. The quantitative estimate of drug-likeness (QED) is 0.660. The zero-order valence-electron chi connectivity index (χ0n) is 15.2. The average Bonchev–Trinajstić information content (AvgIpc) is 2.68. The number of ether oxygens (including phenoxy) is 1. The number of amides is 1. The predicted molar refractivity (Wildman–Crippen MR) is 107 cm³/mol. The van der Waals surface area contributed by atoms with Gasteiger partial charge in [-0.05, 0) is 44.2 Å². The van der Waals surface area contributed by atoms with E-state index in [-0.39, 0.29) is 22.5 Å². The lowest BCUT2D eigenvalue weighted by atomic mass is 10.2. The van der Waals surface area contributed by atoms with Crippen molar-refractivity contribution in [3.05, 3.63) is 64.2 Å². The Hall–Kier alpha value is -3.13. The highest BCUT2D eigenvalue weighted by molar-refractivity contribution is 8.00. The van der Waals surface area contributed by atoms with Crippen molar-refractivity contribution in [2.45, 2.75) is 30.1 Å². The minimum atomic E-state index is -0.746. The highest BCUT2D eigenvalue weighted by Crippen LogP contribution is 2.36. The molecular weight excluding hydrogens is 378 g/mol. The van der Waals surface area contributed by atoms with Crippen molar-refractivity contribution >= 4 is 40.2 Å². The number of thioether (sulfide) groups is 1. The van der Waals surface area contributed by atoms with Crippen LogP contribution in [0, 0.1) is 0 Å². The molecule has 1 aliphatic rings. The fourth-order valence-corrected chi connectivity index (χ4v) is 3.85. The van der Waals surface area contributed by atoms with Gasteiger partial charge in [-0.2, -0.15) is 0 Å². The second-order valence-electron chi connectivity index (χ2n) is 6.48. The lowest BCUT2D eigenvalue weighted by Crippen LogP contribution is -2.26. The number of para-hydroxylation sites is 1. The normalized spacial score (nSPS) is 16.9. The number of nitrogens with one attached hydrogen (secondary N) is 2. The fraction of sp³-hybridized carbons (Fsp3) is 0.200. The van der Waals surface area contributed by atoms with Crippen LogP contribution in [0.15, 0.2) is 52.2 Å². The molecule has 0 aliphatic carbocycles. The van der Waals surface area contributed by atoms with Gasteiger partial charge < -0.3 is 15.0 Å². The molecule has 0 saturated carbocycles. The summed E-state index contributed by atoms with van der Waals surface area (Å²) in [7, 11) is 0. The number of fused-ring (bicyclic) bond motifs is 2. The third-order valence-electron chi connectivity index (χ3n) is 4.45. The second-order valence-corrected chi connectivity index (χ2v) is 7.86. The number of hydrogen-bond acceptors (Lipinski definition) is 6. The van der Waals surface area contributed by atoms with Crippen molar-refractivity contribution in [2.75, 3.05) is 5.32 Å². The minimum absolute atomic E-state index is 0.102. The topological polar surface area (TPSA) is 101 Å². The first-order valence-electron chi connectivity index (χ1n) is 8.74. The summed E-state index contributed by atoms with van der Waals surface area (Å²) in [5, 5.41) is 3.08. The lowest BCUT2D eigenvalue weighted by molar-refractivity contribution is -0.115. The smallest absolute Gasteiger partial charge is 0.338 e. The van der Waals surface area contributed by atoms with Gasteiger partial charge >= 0.3 is 5.97 Å². The van der Waals surface area contributed by atoms with E-state index >= 15 is 0 Å². The Labute approximate surface area is 164 Å². The van der Waals surface area contributed by atoms with Crippen LogP contribution in [-0.2, 0) is 9.53 Å². The fourth-order valence-electron chi connectivity index (χ4n) is 2.92. The maximum absolute atomic E-state index is 12.5. The Kier molecular flexibility index (Phi) is 4.64. The summed E-state index contributed by atoms with van der Waals surface area (Å²) in [5.74, 6) is -0.397. The Morgan fingerprint density at radius 3 is 2.82 bits per heavy atom. The van der Waals surface area contributed by atoms with Crippen molar-refractivity contribution in [3.63, 3.8) is 0 Å². The summed E-state index contributed by atoms with van der Waals surface area (Å²) in [6.07, 6.45) is -0.746. The average molecular weight is 395 g/mol. The molecule has 1 aliphatic heterocycles. The number of rotatable bonds is 3. The van der Waals surface area contributed by atoms with Crippen LogP contribution in [0.25, 0.3) is 10.9 Å². The Balaban J connectivity index is 1.56. The van der Waals surface area contributed by atoms with Gasteiger partial charge in [-0.25, -0.2) is 9.78 Å². The largest absolute Gasteiger partial charge is 0.451 e. The molecule has 1 amide bonds. The summed E-state index contributed by atoms with van der Waals surface area (Å²) in [5.41, 5.74) is 1.15. The van der Waals surface area contributed by atoms with Crippen molar-refractivity contribution in [1.82, 2.24) is 9.97 Å². The number of H-pyrrole nitrogens is 1. The van der Waals surface area contributed by atoms with Crippen molar-refractivity contribution < 1.29 is 14.3 Å². The molecule has 1 aromatic heterocycles. The monoisotopic (exact) mass is 395 g/mol. The van der Waals surface area contributed by atoms with E-state index in [1.54, 1.807) is 49.4 Å². The number of carbonyl (C=O) groups excluding carboxylic acids is 2. The molecule has 3 aromatic rings. The molecular formula is C20H17N3O4S. The van der Waals surface area contributed by atoms with Crippen LogP contribution < -0.4 is 10.9 Å². The molecule has 0 spiro atoms. The van der Waals surface area contributed by atoms with Crippen LogP contribution in [0.5, 0.6) is 0 Å². The summed E-state index contributed by atoms with van der Waals surface area (Å²) in [4.78, 5) is 44.5. The molecule has 7 nitrogen and oxygen atoms in total. The van der Waals surface area contributed by atoms with Gasteiger partial charge in [0.1, 0.15) is 0 Å². The molecule has 0 saturated heterocycles. The van der Waals surface area contributed by atoms with Gasteiger partial charge in [0.2, 0.25) is 5.91 Å². The van der Waals surface area contributed by atoms with Gasteiger partial charge in [0, 0.05) is 4.90 Å². The number of benzene rings is 2. The highest BCUT2D eigenvalue weighted by atomic mass is 32.2. The van der Waals surface area contributed by atoms with E-state index in [1.165, 1.54) is 11.8 Å². The van der Waals surface area contributed by atoms with Crippen molar-refractivity contribution in [1.29, 1.82) is 0 Å². The Morgan fingerprint density at radius 1 is 1.21 bits per heavy atom. The maximum atomic E-state index is 12.5. The third-order valence-corrected chi connectivity index (χ3v) is 5.62. The molecule has 0 unspecified atom stereocenters. The molecule has 2 heterocycles. The SMILES string of the molecule is C[C@@H]1Sc2ccc(C(=O)O[C@H](C)c3nc4ccccc4c(=O)[nH]3)cc2NC1=O. The number of aromatic amines is 1. The number of hydrogen-bond donors (Lipinski definition) is 2. The molecule has 0 radical (unpaired) electrons. The summed E-state index contributed by atoms with van der Waals surface area (Å²) in [6.45, 7) is 3.47. The summed E-state index contributed by atoms with van der Waals surface area (Å²) < 4.78 is 5.47. The zero-order chi connectivity index (χ0) is 19.8. The van der Waals surface area contributed by atoms with Crippen LogP contribution >= 0.6 is 11.8 Å². The van der Waals surface area contributed by atoms with E-state index in [2.05, 4.69) is 15.3 Å². The van der Waals surface area contributed by atoms with E-state index in [0.29, 0.717) is 22.2 Å². The summed E-state index contributed by atoms with van der Waals surface area (Å²) in [6, 6.07) is 12.0. The van der Waals surface area contributed by atoms with Gasteiger partial charge in [0.05, 0.1) is 27.4 Å². The van der Waals surface area contributed by atoms with Gasteiger partial charge in [-0.3, -0.25) is 9.59 Å². The van der Waals surface area contributed by atoms with Crippen LogP contribution in [0.4, 0.5) is 5.69 Å². The van der Waals surface area contributed by atoms with Crippen LogP contribution in [0.1, 0.15) is 36.1 Å². The first kappa shape index (κ1) is 18.2. The highest BCUT2D eigenvalue weighted by Gasteiger charge is 2.24. The zero-order valence-corrected chi connectivity index (χ0v) is 16.0.